The normalized spacial score (nSPS) is 18.0. The summed E-state index contributed by atoms with van der Waals surface area (Å²) >= 11 is 0. The summed E-state index contributed by atoms with van der Waals surface area (Å²) in [5, 5.41) is 12.2. The molecule has 1 N–H and O–H groups in total. The molecule has 1 aromatic carbocycles. The third-order valence-corrected chi connectivity index (χ3v) is 3.48. The lowest BCUT2D eigenvalue weighted by atomic mass is 10.2. The number of carbonyl (C=O) groups is 1. The number of hydrogen-bond acceptors (Lipinski definition) is 5. The van der Waals surface area contributed by atoms with E-state index in [1.165, 1.54) is 17.0 Å². The lowest BCUT2D eigenvalue weighted by Crippen LogP contribution is -2.29. The van der Waals surface area contributed by atoms with Crippen molar-refractivity contribution in [2.75, 3.05) is 13.1 Å². The fourth-order valence-corrected chi connectivity index (χ4v) is 2.35. The second-order valence-electron chi connectivity index (χ2n) is 5.21. The fourth-order valence-electron chi connectivity index (χ4n) is 2.35. The molecule has 1 saturated heterocycles. The van der Waals surface area contributed by atoms with Gasteiger partial charge in [0.1, 0.15) is 11.9 Å². The first-order chi connectivity index (χ1) is 11.3. The van der Waals surface area contributed by atoms with Gasteiger partial charge in [-0.2, -0.15) is 18.2 Å². The number of hydrogen-bond donors (Lipinski definition) is 1. The van der Waals surface area contributed by atoms with E-state index in [1.807, 2.05) is 0 Å². The van der Waals surface area contributed by atoms with Gasteiger partial charge in [0.2, 0.25) is 5.82 Å². The van der Waals surface area contributed by atoms with Gasteiger partial charge in [0.25, 0.3) is 0 Å². The highest BCUT2D eigenvalue weighted by molar-refractivity contribution is 5.65. The number of benzene rings is 1. The maximum atomic E-state index is 12.5. The summed E-state index contributed by atoms with van der Waals surface area (Å²) in [4.78, 5) is 15.4. The lowest BCUT2D eigenvalue weighted by Gasteiger charge is -2.14. The predicted molar refractivity (Wildman–Crippen MR) is 73.4 cm³/mol. The Morgan fingerprint density at radius 1 is 1.42 bits per heavy atom. The van der Waals surface area contributed by atoms with Gasteiger partial charge in [-0.15, -0.1) is 0 Å². The minimum Gasteiger partial charge on any atom is -0.488 e. The molecular weight excluding hydrogens is 331 g/mol. The number of carboxylic acid groups (broad SMARTS) is 1. The van der Waals surface area contributed by atoms with E-state index in [0.29, 0.717) is 24.3 Å². The standard InChI is InChI=1S/C14H12F3N3O4/c15-14(16,17)12-18-11(19-24-12)8-2-1-3-9(6-8)23-10-4-5-20(7-10)13(21)22/h1-3,6,10H,4-5,7H2,(H,21,22)/t10-/m1/s1. The van der Waals surface area contributed by atoms with E-state index in [4.69, 9.17) is 9.84 Å². The van der Waals surface area contributed by atoms with Crippen molar-refractivity contribution in [2.45, 2.75) is 18.7 Å². The molecule has 0 radical (unpaired) electrons. The summed E-state index contributed by atoms with van der Waals surface area (Å²) in [5.74, 6) is -1.23. The largest absolute Gasteiger partial charge is 0.488 e. The Balaban J connectivity index is 1.73. The Bertz CT molecular complexity index is 747. The molecule has 1 aliphatic rings. The first-order valence-electron chi connectivity index (χ1n) is 6.99. The van der Waals surface area contributed by atoms with Crippen LogP contribution in [0, 0.1) is 0 Å². The number of aromatic nitrogens is 2. The highest BCUT2D eigenvalue weighted by Crippen LogP contribution is 2.30. The number of rotatable bonds is 3. The molecule has 10 heteroatoms. The molecule has 1 aromatic heterocycles. The monoisotopic (exact) mass is 343 g/mol. The van der Waals surface area contributed by atoms with E-state index in [0.717, 1.165) is 0 Å². The second kappa shape index (κ2) is 6.02. The van der Waals surface area contributed by atoms with Crippen LogP contribution in [-0.4, -0.2) is 45.4 Å². The summed E-state index contributed by atoms with van der Waals surface area (Å²) in [5.41, 5.74) is 0.305. The molecule has 2 heterocycles. The van der Waals surface area contributed by atoms with Crippen LogP contribution in [0.3, 0.4) is 0 Å². The zero-order valence-electron chi connectivity index (χ0n) is 12.2. The van der Waals surface area contributed by atoms with Gasteiger partial charge >= 0.3 is 18.2 Å². The third kappa shape index (κ3) is 3.42. The highest BCUT2D eigenvalue weighted by atomic mass is 19.4. The van der Waals surface area contributed by atoms with Gasteiger partial charge < -0.3 is 19.3 Å². The van der Waals surface area contributed by atoms with Gasteiger partial charge in [-0.25, -0.2) is 4.79 Å². The van der Waals surface area contributed by atoms with Crippen LogP contribution in [0.2, 0.25) is 0 Å². The van der Waals surface area contributed by atoms with Crippen molar-refractivity contribution in [2.24, 2.45) is 0 Å². The van der Waals surface area contributed by atoms with Crippen LogP contribution in [0.4, 0.5) is 18.0 Å². The average molecular weight is 343 g/mol. The Morgan fingerprint density at radius 3 is 2.83 bits per heavy atom. The van der Waals surface area contributed by atoms with E-state index in [1.54, 1.807) is 12.1 Å². The van der Waals surface area contributed by atoms with E-state index in [2.05, 4.69) is 14.7 Å². The molecule has 2 aromatic rings. The molecule has 128 valence electrons. The SMILES string of the molecule is O=C(O)N1CC[C@@H](Oc2cccc(-c3noc(C(F)(F)F)n3)c2)C1. The molecule has 3 rings (SSSR count). The highest BCUT2D eigenvalue weighted by Gasteiger charge is 2.38. The van der Waals surface area contributed by atoms with E-state index in [9.17, 15) is 18.0 Å². The number of ether oxygens (including phenoxy) is 1. The van der Waals surface area contributed by atoms with Gasteiger partial charge in [0, 0.05) is 18.5 Å². The van der Waals surface area contributed by atoms with Crippen LogP contribution in [0.25, 0.3) is 11.4 Å². The Morgan fingerprint density at radius 2 is 2.21 bits per heavy atom. The van der Waals surface area contributed by atoms with Crippen molar-refractivity contribution in [3.63, 3.8) is 0 Å². The molecule has 24 heavy (non-hydrogen) atoms. The van der Waals surface area contributed by atoms with Crippen LogP contribution < -0.4 is 4.74 Å². The van der Waals surface area contributed by atoms with Gasteiger partial charge in [-0.3, -0.25) is 0 Å². The molecule has 0 spiro atoms. The average Bonchev–Trinajstić information content (AvgIpc) is 3.16. The summed E-state index contributed by atoms with van der Waals surface area (Å²) in [6.07, 6.45) is -5.49. The molecule has 0 bridgehead atoms. The second-order valence-corrected chi connectivity index (χ2v) is 5.21. The van der Waals surface area contributed by atoms with Crippen LogP contribution >= 0.6 is 0 Å². The summed E-state index contributed by atoms with van der Waals surface area (Å²) in [6, 6.07) is 6.21. The maximum Gasteiger partial charge on any atom is 0.471 e. The van der Waals surface area contributed by atoms with E-state index in [-0.39, 0.29) is 18.5 Å². The first kappa shape index (κ1) is 16.1. The Labute approximate surface area is 133 Å². The van der Waals surface area contributed by atoms with Crippen LogP contribution in [0.5, 0.6) is 5.75 Å². The summed E-state index contributed by atoms with van der Waals surface area (Å²) in [6.45, 7) is 0.611. The molecule has 1 amide bonds. The molecule has 1 aliphatic heterocycles. The van der Waals surface area contributed by atoms with Crippen LogP contribution in [0.1, 0.15) is 12.3 Å². The molecule has 0 aliphatic carbocycles. The van der Waals surface area contributed by atoms with Crippen LogP contribution in [0.15, 0.2) is 28.8 Å². The van der Waals surface area contributed by atoms with Gasteiger partial charge in [-0.05, 0) is 12.1 Å². The molecule has 0 saturated carbocycles. The quantitative estimate of drug-likeness (QED) is 0.922. The van der Waals surface area contributed by atoms with Gasteiger partial charge in [0.05, 0.1) is 6.54 Å². The number of alkyl halides is 3. The van der Waals surface area contributed by atoms with Gasteiger partial charge in [0.15, 0.2) is 0 Å². The number of likely N-dealkylation sites (tertiary alicyclic amines) is 1. The molecule has 7 nitrogen and oxygen atoms in total. The molecule has 1 fully saturated rings. The third-order valence-electron chi connectivity index (χ3n) is 3.48. The van der Waals surface area contributed by atoms with Crippen molar-refractivity contribution in [1.29, 1.82) is 0 Å². The van der Waals surface area contributed by atoms with Crippen LogP contribution in [-0.2, 0) is 6.18 Å². The molecule has 1 atom stereocenters. The topological polar surface area (TPSA) is 88.7 Å². The lowest BCUT2D eigenvalue weighted by molar-refractivity contribution is -0.159. The van der Waals surface area contributed by atoms with Crippen molar-refractivity contribution < 1.29 is 32.3 Å². The van der Waals surface area contributed by atoms with E-state index >= 15 is 0 Å². The summed E-state index contributed by atoms with van der Waals surface area (Å²) < 4.78 is 47.4. The maximum absolute atomic E-state index is 12.5. The van der Waals surface area contributed by atoms with E-state index < -0.39 is 18.2 Å². The zero-order valence-corrected chi connectivity index (χ0v) is 12.2. The minimum absolute atomic E-state index is 0.202. The predicted octanol–water partition coefficient (Wildman–Crippen LogP) is 2.89. The molecule has 0 unspecified atom stereocenters. The van der Waals surface area contributed by atoms with Crippen molar-refractivity contribution in [3.05, 3.63) is 30.2 Å². The smallest absolute Gasteiger partial charge is 0.471 e. The number of nitrogens with zero attached hydrogens (tertiary/aromatic N) is 3. The van der Waals surface area contributed by atoms with Gasteiger partial charge in [-0.1, -0.05) is 17.3 Å². The molecular formula is C14H12F3N3O4. The van der Waals surface area contributed by atoms with Crippen molar-refractivity contribution in [3.8, 4) is 17.1 Å². The minimum atomic E-state index is -4.70. The number of halogens is 3. The first-order valence-corrected chi connectivity index (χ1v) is 6.99. The number of amides is 1. The van der Waals surface area contributed by atoms with Crippen molar-refractivity contribution in [1.82, 2.24) is 15.0 Å². The van der Waals surface area contributed by atoms with Crippen molar-refractivity contribution >= 4 is 6.09 Å². The zero-order chi connectivity index (χ0) is 17.3. The summed E-state index contributed by atoms with van der Waals surface area (Å²) in [7, 11) is 0. The fraction of sp³-hybridized carbons (Fsp3) is 0.357. The Kier molecular flexibility index (Phi) is 4.04. The Hall–Kier alpha value is -2.78.